The predicted octanol–water partition coefficient (Wildman–Crippen LogP) is 2.88. The average molecular weight is 289 g/mol. The van der Waals surface area contributed by atoms with Crippen molar-refractivity contribution in [3.63, 3.8) is 0 Å². The van der Waals surface area contributed by atoms with Gasteiger partial charge in [0.2, 0.25) is 0 Å². The van der Waals surface area contributed by atoms with Crippen LogP contribution in [0.25, 0.3) is 0 Å². The molecule has 0 aromatic heterocycles. The number of nitrogens with two attached hydrogens (primary N) is 1. The summed E-state index contributed by atoms with van der Waals surface area (Å²) in [4.78, 5) is 0. The minimum absolute atomic E-state index is 0.00767. The Labute approximate surface area is 115 Å². The van der Waals surface area contributed by atoms with Crippen LogP contribution in [0, 0.1) is 5.92 Å². The first-order chi connectivity index (χ1) is 9.44. The van der Waals surface area contributed by atoms with E-state index in [0.717, 1.165) is 31.6 Å². The van der Waals surface area contributed by atoms with Crippen LogP contribution in [0.15, 0.2) is 24.3 Å². The fourth-order valence-electron chi connectivity index (χ4n) is 2.41. The molecule has 0 spiro atoms. The number of benzene rings is 1. The van der Waals surface area contributed by atoms with Crippen LogP contribution in [-0.4, -0.2) is 25.6 Å². The highest BCUT2D eigenvalue weighted by molar-refractivity contribution is 5.28. The lowest BCUT2D eigenvalue weighted by atomic mass is 9.88. The van der Waals surface area contributed by atoms with E-state index in [1.165, 1.54) is 12.1 Å². The molecule has 1 aliphatic rings. The summed E-state index contributed by atoms with van der Waals surface area (Å²) in [6.07, 6.45) is -2.12. The Morgan fingerprint density at radius 3 is 2.35 bits per heavy atom. The molecule has 1 aromatic rings. The van der Waals surface area contributed by atoms with Gasteiger partial charge in [0.1, 0.15) is 5.75 Å². The van der Waals surface area contributed by atoms with Gasteiger partial charge < -0.3 is 15.2 Å². The molecular formula is C14H18F3NO2. The van der Waals surface area contributed by atoms with Crippen LogP contribution in [0.1, 0.15) is 18.4 Å². The van der Waals surface area contributed by atoms with Gasteiger partial charge in [0.15, 0.2) is 0 Å². The third kappa shape index (κ3) is 4.68. The highest BCUT2D eigenvalue weighted by Crippen LogP contribution is 2.24. The number of halogens is 3. The van der Waals surface area contributed by atoms with Crippen molar-refractivity contribution in [3.05, 3.63) is 29.8 Å². The SMILES string of the molecule is NC(Cc1ccc(OC(F)(F)F)cc1)C1CCOCC1. The van der Waals surface area contributed by atoms with Gasteiger partial charge in [-0.25, -0.2) is 0 Å². The van der Waals surface area contributed by atoms with Crippen molar-refractivity contribution in [1.29, 1.82) is 0 Å². The molecular weight excluding hydrogens is 271 g/mol. The van der Waals surface area contributed by atoms with E-state index < -0.39 is 6.36 Å². The molecule has 2 N–H and O–H groups in total. The zero-order valence-electron chi connectivity index (χ0n) is 11.0. The predicted molar refractivity (Wildman–Crippen MR) is 68.3 cm³/mol. The van der Waals surface area contributed by atoms with Gasteiger partial charge in [-0.2, -0.15) is 0 Å². The molecule has 1 saturated heterocycles. The average Bonchev–Trinajstić information content (AvgIpc) is 2.40. The van der Waals surface area contributed by atoms with Crippen LogP contribution in [0.2, 0.25) is 0 Å². The summed E-state index contributed by atoms with van der Waals surface area (Å²) in [7, 11) is 0. The summed E-state index contributed by atoms with van der Waals surface area (Å²) in [6.45, 7) is 1.47. The lowest BCUT2D eigenvalue weighted by Crippen LogP contribution is -2.36. The standard InChI is InChI=1S/C14H18F3NO2/c15-14(16,17)20-12-3-1-10(2-4-12)9-13(18)11-5-7-19-8-6-11/h1-4,11,13H,5-9,18H2. The van der Waals surface area contributed by atoms with Crippen molar-refractivity contribution in [2.45, 2.75) is 31.7 Å². The molecule has 2 rings (SSSR count). The largest absolute Gasteiger partial charge is 0.573 e. The Morgan fingerprint density at radius 2 is 1.80 bits per heavy atom. The summed E-state index contributed by atoms with van der Waals surface area (Å²) >= 11 is 0. The Bertz CT molecular complexity index is 413. The molecule has 0 aliphatic carbocycles. The maximum absolute atomic E-state index is 12.0. The van der Waals surface area contributed by atoms with E-state index in [4.69, 9.17) is 10.5 Å². The van der Waals surface area contributed by atoms with Crippen molar-refractivity contribution >= 4 is 0 Å². The van der Waals surface area contributed by atoms with Crippen molar-refractivity contribution in [1.82, 2.24) is 0 Å². The summed E-state index contributed by atoms with van der Waals surface area (Å²) in [6, 6.07) is 5.90. The molecule has 1 heterocycles. The maximum atomic E-state index is 12.0. The molecule has 6 heteroatoms. The Morgan fingerprint density at radius 1 is 1.20 bits per heavy atom. The molecule has 20 heavy (non-hydrogen) atoms. The van der Waals surface area contributed by atoms with Gasteiger partial charge in [-0.3, -0.25) is 0 Å². The number of hydrogen-bond donors (Lipinski definition) is 1. The van der Waals surface area contributed by atoms with Crippen molar-refractivity contribution < 1.29 is 22.6 Å². The summed E-state index contributed by atoms with van der Waals surface area (Å²) in [5.74, 6) is 0.204. The summed E-state index contributed by atoms with van der Waals surface area (Å²) < 4.78 is 45.2. The fourth-order valence-corrected chi connectivity index (χ4v) is 2.41. The molecule has 0 saturated carbocycles. The second-order valence-electron chi connectivity index (χ2n) is 5.01. The first kappa shape index (κ1) is 15.1. The van der Waals surface area contributed by atoms with Crippen LogP contribution >= 0.6 is 0 Å². The minimum Gasteiger partial charge on any atom is -0.406 e. The second kappa shape index (κ2) is 6.45. The Hall–Kier alpha value is -1.27. The van der Waals surface area contributed by atoms with Crippen molar-refractivity contribution in [2.24, 2.45) is 11.7 Å². The molecule has 0 bridgehead atoms. The van der Waals surface area contributed by atoms with Crippen molar-refractivity contribution in [3.8, 4) is 5.75 Å². The third-order valence-electron chi connectivity index (χ3n) is 3.50. The lowest BCUT2D eigenvalue weighted by Gasteiger charge is -2.27. The minimum atomic E-state index is -4.65. The number of ether oxygens (including phenoxy) is 2. The monoisotopic (exact) mass is 289 g/mol. The van der Waals surface area contributed by atoms with E-state index >= 15 is 0 Å². The Kier molecular flexibility index (Phi) is 4.88. The fraction of sp³-hybridized carbons (Fsp3) is 0.571. The summed E-state index contributed by atoms with van der Waals surface area (Å²) in [5, 5.41) is 0. The van der Waals surface area contributed by atoms with Crippen LogP contribution in [0.3, 0.4) is 0 Å². The first-order valence-corrected chi connectivity index (χ1v) is 6.62. The molecule has 112 valence electrons. The summed E-state index contributed by atoms with van der Waals surface area (Å²) in [5.41, 5.74) is 7.07. The smallest absolute Gasteiger partial charge is 0.406 e. The van der Waals surface area contributed by atoms with E-state index in [9.17, 15) is 13.2 Å². The normalized spacial score (nSPS) is 18.8. The van der Waals surface area contributed by atoms with Crippen LogP contribution in [0.5, 0.6) is 5.75 Å². The van der Waals surface area contributed by atoms with Gasteiger partial charge in [-0.05, 0) is 42.9 Å². The zero-order valence-corrected chi connectivity index (χ0v) is 11.0. The quantitative estimate of drug-likeness (QED) is 0.927. The van der Waals surface area contributed by atoms with Crippen LogP contribution in [-0.2, 0) is 11.2 Å². The van der Waals surface area contributed by atoms with Crippen LogP contribution in [0.4, 0.5) is 13.2 Å². The molecule has 0 radical (unpaired) electrons. The van der Waals surface area contributed by atoms with Gasteiger partial charge >= 0.3 is 6.36 Å². The van der Waals surface area contributed by atoms with Gasteiger partial charge in [-0.15, -0.1) is 13.2 Å². The molecule has 1 aromatic carbocycles. The molecule has 1 unspecified atom stereocenters. The second-order valence-corrected chi connectivity index (χ2v) is 5.01. The highest BCUT2D eigenvalue weighted by Gasteiger charge is 2.31. The van der Waals surface area contributed by atoms with E-state index in [1.807, 2.05) is 0 Å². The molecule has 0 amide bonds. The van der Waals surface area contributed by atoms with Crippen molar-refractivity contribution in [2.75, 3.05) is 13.2 Å². The third-order valence-corrected chi connectivity index (χ3v) is 3.50. The number of alkyl halides is 3. The van der Waals surface area contributed by atoms with Gasteiger partial charge in [0, 0.05) is 19.3 Å². The van der Waals surface area contributed by atoms with Crippen LogP contribution < -0.4 is 10.5 Å². The van der Waals surface area contributed by atoms with E-state index in [1.54, 1.807) is 12.1 Å². The molecule has 1 fully saturated rings. The lowest BCUT2D eigenvalue weighted by molar-refractivity contribution is -0.274. The molecule has 1 aliphatic heterocycles. The molecule has 1 atom stereocenters. The van der Waals surface area contributed by atoms with Gasteiger partial charge in [-0.1, -0.05) is 12.1 Å². The van der Waals surface area contributed by atoms with Gasteiger partial charge in [0.05, 0.1) is 0 Å². The Balaban J connectivity index is 1.89. The zero-order chi connectivity index (χ0) is 14.6. The maximum Gasteiger partial charge on any atom is 0.573 e. The first-order valence-electron chi connectivity index (χ1n) is 6.62. The van der Waals surface area contributed by atoms with E-state index in [-0.39, 0.29) is 11.8 Å². The molecule has 3 nitrogen and oxygen atoms in total. The highest BCUT2D eigenvalue weighted by atomic mass is 19.4. The topological polar surface area (TPSA) is 44.5 Å². The van der Waals surface area contributed by atoms with E-state index in [2.05, 4.69) is 4.74 Å². The number of hydrogen-bond acceptors (Lipinski definition) is 3. The number of rotatable bonds is 4. The van der Waals surface area contributed by atoms with Gasteiger partial charge in [0.25, 0.3) is 0 Å². The van der Waals surface area contributed by atoms with E-state index in [0.29, 0.717) is 12.3 Å².